The van der Waals surface area contributed by atoms with E-state index in [9.17, 15) is 13.2 Å². The summed E-state index contributed by atoms with van der Waals surface area (Å²) in [5.41, 5.74) is 2.15. The predicted molar refractivity (Wildman–Crippen MR) is 116 cm³/mol. The van der Waals surface area contributed by atoms with Crippen molar-refractivity contribution < 1.29 is 13.2 Å². The summed E-state index contributed by atoms with van der Waals surface area (Å²) in [6.07, 6.45) is 1.85. The lowest BCUT2D eigenvalue weighted by atomic mass is 10.1. The van der Waals surface area contributed by atoms with E-state index in [-0.39, 0.29) is 33.4 Å². The van der Waals surface area contributed by atoms with E-state index in [1.165, 1.54) is 18.0 Å². The van der Waals surface area contributed by atoms with Gasteiger partial charge < -0.3 is 4.90 Å². The van der Waals surface area contributed by atoms with Crippen LogP contribution in [0.2, 0.25) is 5.02 Å². The van der Waals surface area contributed by atoms with Crippen LogP contribution in [0.5, 0.6) is 0 Å². The molecule has 29 heavy (non-hydrogen) atoms. The molecule has 9 heteroatoms. The summed E-state index contributed by atoms with van der Waals surface area (Å²) < 4.78 is 24.1. The lowest BCUT2D eigenvalue weighted by Crippen LogP contribution is -2.41. The van der Waals surface area contributed by atoms with Gasteiger partial charge in [-0.25, -0.2) is 18.4 Å². The molecule has 1 aromatic carbocycles. The van der Waals surface area contributed by atoms with Crippen molar-refractivity contribution in [2.45, 2.75) is 50.2 Å². The second-order valence-corrected chi connectivity index (χ2v) is 11.7. The van der Waals surface area contributed by atoms with Gasteiger partial charge in [0.2, 0.25) is 0 Å². The number of carbonyl (C=O) groups excluding carboxylic acids is 1. The summed E-state index contributed by atoms with van der Waals surface area (Å²) >= 11 is 7.70. The number of aryl methyl sites for hydroxylation is 1. The van der Waals surface area contributed by atoms with Gasteiger partial charge in [-0.1, -0.05) is 67.0 Å². The van der Waals surface area contributed by atoms with Gasteiger partial charge in [0.15, 0.2) is 20.7 Å². The molecule has 0 radical (unpaired) electrons. The lowest BCUT2D eigenvalue weighted by Gasteiger charge is -2.28. The van der Waals surface area contributed by atoms with E-state index in [0.29, 0.717) is 18.1 Å². The Balaban J connectivity index is 1.94. The minimum atomic E-state index is -3.15. The summed E-state index contributed by atoms with van der Waals surface area (Å²) in [5.74, 6) is -0.326. The summed E-state index contributed by atoms with van der Waals surface area (Å²) in [6, 6.07) is 7.43. The quantitative estimate of drug-likeness (QED) is 0.489. The lowest BCUT2D eigenvalue weighted by molar-refractivity contribution is 0.0674. The Morgan fingerprint density at radius 2 is 2.00 bits per heavy atom. The van der Waals surface area contributed by atoms with Gasteiger partial charge in [0.25, 0.3) is 5.91 Å². The van der Waals surface area contributed by atoms with Crippen LogP contribution < -0.4 is 0 Å². The fraction of sp³-hybridized carbons (Fsp3) is 0.450. The molecule has 2 aromatic rings. The molecule has 0 spiro atoms. The second kappa shape index (κ2) is 9.02. The molecule has 0 saturated carbocycles. The molecule has 1 unspecified atom stereocenters. The van der Waals surface area contributed by atoms with Crippen LogP contribution in [-0.4, -0.2) is 52.0 Å². The van der Waals surface area contributed by atoms with Gasteiger partial charge in [-0.3, -0.25) is 4.79 Å². The van der Waals surface area contributed by atoms with Crippen molar-refractivity contribution in [2.75, 3.05) is 11.5 Å². The van der Waals surface area contributed by atoms with Crippen LogP contribution in [0.25, 0.3) is 0 Å². The van der Waals surface area contributed by atoms with Gasteiger partial charge >= 0.3 is 0 Å². The average Bonchev–Trinajstić information content (AvgIpc) is 3.01. The SMILES string of the molecule is Cc1ccc(CN(C(=O)c2nc(SC(C)C)ncc2Cl)C2CCS(=O)(=O)C2)cc1. The summed E-state index contributed by atoms with van der Waals surface area (Å²) in [5, 5.41) is 0.891. The number of aromatic nitrogens is 2. The average molecular weight is 454 g/mol. The maximum absolute atomic E-state index is 13.4. The van der Waals surface area contributed by atoms with E-state index >= 15 is 0 Å². The molecule has 1 atom stereocenters. The van der Waals surface area contributed by atoms with E-state index in [2.05, 4.69) is 9.97 Å². The molecule has 2 heterocycles. The highest BCUT2D eigenvalue weighted by atomic mass is 35.5. The highest BCUT2D eigenvalue weighted by Crippen LogP contribution is 2.26. The molecule has 156 valence electrons. The molecule has 0 N–H and O–H groups in total. The first-order valence-corrected chi connectivity index (χ1v) is 12.5. The van der Waals surface area contributed by atoms with Crippen LogP contribution >= 0.6 is 23.4 Å². The number of thioether (sulfide) groups is 1. The Bertz CT molecular complexity index is 995. The summed E-state index contributed by atoms with van der Waals surface area (Å²) in [6.45, 7) is 6.31. The zero-order chi connectivity index (χ0) is 21.2. The molecule has 0 bridgehead atoms. The van der Waals surface area contributed by atoms with E-state index < -0.39 is 15.9 Å². The number of rotatable bonds is 6. The predicted octanol–water partition coefficient (Wildman–Crippen LogP) is 3.77. The van der Waals surface area contributed by atoms with Crippen LogP contribution in [0, 0.1) is 6.92 Å². The van der Waals surface area contributed by atoms with Crippen molar-refractivity contribution in [3.63, 3.8) is 0 Å². The van der Waals surface area contributed by atoms with Gasteiger partial charge in [0.05, 0.1) is 22.7 Å². The molecule has 1 fully saturated rings. The molecule has 1 amide bonds. The number of halogens is 1. The standard InChI is InChI=1S/C20H24ClN3O3S2/c1-13(2)28-20-22-10-17(21)18(23-20)19(25)24(16-8-9-29(26,27)12-16)11-15-6-4-14(3)5-7-15/h4-7,10,13,16H,8-9,11-12H2,1-3H3. The van der Waals surface area contributed by atoms with Crippen molar-refractivity contribution in [3.05, 3.63) is 52.3 Å². The van der Waals surface area contributed by atoms with Gasteiger partial charge in [-0.15, -0.1) is 0 Å². The number of hydrogen-bond acceptors (Lipinski definition) is 6. The second-order valence-electron chi connectivity index (χ2n) is 7.49. The zero-order valence-corrected chi connectivity index (χ0v) is 19.0. The molecule has 3 rings (SSSR count). The monoisotopic (exact) mass is 453 g/mol. The van der Waals surface area contributed by atoms with E-state index in [1.807, 2.05) is 45.0 Å². The molecule has 1 saturated heterocycles. The Hall–Kier alpha value is -1.64. The molecule has 0 aliphatic carbocycles. The fourth-order valence-electron chi connectivity index (χ4n) is 3.18. The van der Waals surface area contributed by atoms with Crippen molar-refractivity contribution in [1.29, 1.82) is 0 Å². The largest absolute Gasteiger partial charge is 0.329 e. The smallest absolute Gasteiger partial charge is 0.274 e. The van der Waals surface area contributed by atoms with Crippen LogP contribution in [0.4, 0.5) is 0 Å². The Kier molecular flexibility index (Phi) is 6.86. The topological polar surface area (TPSA) is 80.2 Å². The van der Waals surface area contributed by atoms with E-state index in [4.69, 9.17) is 11.6 Å². The minimum Gasteiger partial charge on any atom is -0.329 e. The number of hydrogen-bond donors (Lipinski definition) is 0. The Morgan fingerprint density at radius 1 is 1.31 bits per heavy atom. The highest BCUT2D eigenvalue weighted by Gasteiger charge is 2.36. The van der Waals surface area contributed by atoms with Crippen LogP contribution in [-0.2, 0) is 16.4 Å². The number of carbonyl (C=O) groups is 1. The molecular weight excluding hydrogens is 430 g/mol. The van der Waals surface area contributed by atoms with Gasteiger partial charge in [-0.2, -0.15) is 0 Å². The van der Waals surface area contributed by atoms with Crippen LogP contribution in [0.15, 0.2) is 35.6 Å². The third-order valence-electron chi connectivity index (χ3n) is 4.65. The van der Waals surface area contributed by atoms with Gasteiger partial charge in [-0.05, 0) is 18.9 Å². The van der Waals surface area contributed by atoms with Gasteiger partial charge in [0, 0.05) is 17.8 Å². The first-order valence-electron chi connectivity index (χ1n) is 9.41. The maximum atomic E-state index is 13.4. The Labute approximate surface area is 181 Å². The number of benzene rings is 1. The molecule has 1 aliphatic rings. The molecule has 6 nitrogen and oxygen atoms in total. The summed E-state index contributed by atoms with van der Waals surface area (Å²) in [7, 11) is -3.15. The van der Waals surface area contributed by atoms with Crippen molar-refractivity contribution >= 4 is 39.1 Å². The van der Waals surface area contributed by atoms with Crippen LogP contribution in [0.3, 0.4) is 0 Å². The number of sulfone groups is 1. The van der Waals surface area contributed by atoms with Crippen molar-refractivity contribution in [1.82, 2.24) is 14.9 Å². The highest BCUT2D eigenvalue weighted by molar-refractivity contribution is 7.99. The van der Waals surface area contributed by atoms with Crippen molar-refractivity contribution in [3.8, 4) is 0 Å². The van der Waals surface area contributed by atoms with E-state index in [0.717, 1.165) is 11.1 Å². The molecule has 1 aromatic heterocycles. The minimum absolute atomic E-state index is 0.0408. The first-order chi connectivity index (χ1) is 13.6. The molecular formula is C20H24ClN3O3S2. The van der Waals surface area contributed by atoms with Crippen molar-refractivity contribution in [2.24, 2.45) is 0 Å². The van der Waals surface area contributed by atoms with Crippen LogP contribution in [0.1, 0.15) is 41.9 Å². The molecule has 1 aliphatic heterocycles. The number of amides is 1. The third kappa shape index (κ3) is 5.71. The van der Waals surface area contributed by atoms with Gasteiger partial charge in [0.1, 0.15) is 0 Å². The summed E-state index contributed by atoms with van der Waals surface area (Å²) in [4.78, 5) is 23.6. The zero-order valence-electron chi connectivity index (χ0n) is 16.6. The maximum Gasteiger partial charge on any atom is 0.274 e. The number of nitrogens with zero attached hydrogens (tertiary/aromatic N) is 3. The van der Waals surface area contributed by atoms with E-state index in [1.54, 1.807) is 4.90 Å². The normalized spacial score (nSPS) is 18.2. The Morgan fingerprint density at radius 3 is 2.59 bits per heavy atom. The third-order valence-corrected chi connectivity index (χ3v) is 7.56. The fourth-order valence-corrected chi connectivity index (χ4v) is 5.76. The first kappa shape index (κ1) is 22.1.